The highest BCUT2D eigenvalue weighted by molar-refractivity contribution is 5.94. The smallest absolute Gasteiger partial charge is 0.269 e. The summed E-state index contributed by atoms with van der Waals surface area (Å²) in [6.45, 7) is 0.894. The highest BCUT2D eigenvalue weighted by Gasteiger charge is 2.08. The van der Waals surface area contributed by atoms with Gasteiger partial charge in [0.25, 0.3) is 11.6 Å². The second-order valence-electron chi connectivity index (χ2n) is 5.31. The molecule has 26 heavy (non-hydrogen) atoms. The lowest BCUT2D eigenvalue weighted by Crippen LogP contribution is -2.28. The molecule has 3 aromatic rings. The molecule has 2 aromatic carbocycles. The summed E-state index contributed by atoms with van der Waals surface area (Å²) in [5.41, 5.74) is 2.03. The summed E-state index contributed by atoms with van der Waals surface area (Å²) in [7, 11) is 0. The maximum absolute atomic E-state index is 12.1. The quantitative estimate of drug-likeness (QED) is 0.380. The molecule has 0 bridgehead atoms. The molecular formula is C17H15N5O4. The highest BCUT2D eigenvalue weighted by atomic mass is 16.6. The molecule has 0 unspecified atom stereocenters. The van der Waals surface area contributed by atoms with E-state index < -0.39 is 4.92 Å². The SMILES string of the molecule is O=C(NCCNc1ccc([N+](=O)[O-])cc1)c1ccc(-c2nnco2)cc1. The lowest BCUT2D eigenvalue weighted by atomic mass is 10.1. The van der Waals surface area contributed by atoms with Gasteiger partial charge in [0.1, 0.15) is 0 Å². The van der Waals surface area contributed by atoms with Crippen LogP contribution in [0.2, 0.25) is 0 Å². The third-order valence-electron chi connectivity index (χ3n) is 3.57. The summed E-state index contributed by atoms with van der Waals surface area (Å²) in [6.07, 6.45) is 1.24. The number of anilines is 1. The maximum Gasteiger partial charge on any atom is 0.269 e. The summed E-state index contributed by atoms with van der Waals surface area (Å²) in [5, 5.41) is 23.9. The number of hydrogen-bond donors (Lipinski definition) is 2. The maximum atomic E-state index is 12.1. The van der Waals surface area contributed by atoms with Gasteiger partial charge in [-0.05, 0) is 36.4 Å². The van der Waals surface area contributed by atoms with Crippen molar-refractivity contribution in [3.05, 3.63) is 70.6 Å². The van der Waals surface area contributed by atoms with Crippen molar-refractivity contribution in [3.63, 3.8) is 0 Å². The normalized spacial score (nSPS) is 10.3. The van der Waals surface area contributed by atoms with Crippen LogP contribution in [0.4, 0.5) is 11.4 Å². The molecule has 0 aliphatic heterocycles. The summed E-state index contributed by atoms with van der Waals surface area (Å²) in [6, 6.07) is 12.9. The minimum atomic E-state index is -0.451. The van der Waals surface area contributed by atoms with Gasteiger partial charge in [-0.1, -0.05) is 0 Å². The molecule has 1 heterocycles. The van der Waals surface area contributed by atoms with E-state index in [0.29, 0.717) is 24.5 Å². The second-order valence-corrected chi connectivity index (χ2v) is 5.31. The Balaban J connectivity index is 1.46. The molecular weight excluding hydrogens is 338 g/mol. The van der Waals surface area contributed by atoms with Crippen LogP contribution in [0.15, 0.2) is 59.3 Å². The summed E-state index contributed by atoms with van der Waals surface area (Å²) < 4.78 is 5.09. The van der Waals surface area contributed by atoms with Gasteiger partial charge >= 0.3 is 0 Å². The van der Waals surface area contributed by atoms with E-state index in [1.165, 1.54) is 18.5 Å². The molecule has 0 fully saturated rings. The van der Waals surface area contributed by atoms with Gasteiger partial charge < -0.3 is 15.1 Å². The van der Waals surface area contributed by atoms with E-state index in [4.69, 9.17) is 4.42 Å². The van der Waals surface area contributed by atoms with Crippen LogP contribution in [0, 0.1) is 10.1 Å². The molecule has 0 saturated heterocycles. The van der Waals surface area contributed by atoms with Crippen molar-refractivity contribution in [1.29, 1.82) is 0 Å². The minimum absolute atomic E-state index is 0.0350. The zero-order chi connectivity index (χ0) is 18.4. The van der Waals surface area contributed by atoms with Crippen molar-refractivity contribution in [3.8, 4) is 11.5 Å². The predicted octanol–water partition coefficient (Wildman–Crippen LogP) is 2.49. The molecule has 1 aromatic heterocycles. The van der Waals surface area contributed by atoms with Gasteiger partial charge in [-0.25, -0.2) is 0 Å². The average Bonchev–Trinajstić information content (AvgIpc) is 3.20. The third-order valence-corrected chi connectivity index (χ3v) is 3.57. The molecule has 1 amide bonds. The number of rotatable bonds is 7. The number of amides is 1. The first-order chi connectivity index (χ1) is 12.6. The Hall–Kier alpha value is -3.75. The van der Waals surface area contributed by atoms with Gasteiger partial charge in [-0.2, -0.15) is 0 Å². The Morgan fingerprint density at radius 2 is 1.81 bits per heavy atom. The predicted molar refractivity (Wildman–Crippen MR) is 93.7 cm³/mol. The Morgan fingerprint density at radius 3 is 2.42 bits per heavy atom. The number of aromatic nitrogens is 2. The molecule has 0 spiro atoms. The van der Waals surface area contributed by atoms with Crippen LogP contribution in [0.25, 0.3) is 11.5 Å². The molecule has 0 saturated carbocycles. The van der Waals surface area contributed by atoms with Gasteiger partial charge in [-0.15, -0.1) is 10.2 Å². The minimum Gasteiger partial charge on any atom is -0.423 e. The van der Waals surface area contributed by atoms with Crippen LogP contribution >= 0.6 is 0 Å². The first-order valence-corrected chi connectivity index (χ1v) is 7.76. The number of benzene rings is 2. The molecule has 0 aliphatic carbocycles. The van der Waals surface area contributed by atoms with Crippen molar-refractivity contribution in [2.24, 2.45) is 0 Å². The van der Waals surface area contributed by atoms with Gasteiger partial charge in [0.05, 0.1) is 4.92 Å². The van der Waals surface area contributed by atoms with Gasteiger partial charge in [0.15, 0.2) is 0 Å². The molecule has 2 N–H and O–H groups in total. The number of nitrogens with zero attached hydrogens (tertiary/aromatic N) is 3. The van der Waals surface area contributed by atoms with Crippen LogP contribution in [0.1, 0.15) is 10.4 Å². The largest absolute Gasteiger partial charge is 0.423 e. The Bertz CT molecular complexity index is 877. The van der Waals surface area contributed by atoms with Crippen molar-refractivity contribution in [2.75, 3.05) is 18.4 Å². The molecule has 9 nitrogen and oxygen atoms in total. The third kappa shape index (κ3) is 4.20. The second kappa shape index (κ2) is 7.88. The van der Waals surface area contributed by atoms with Crippen molar-refractivity contribution >= 4 is 17.3 Å². The molecule has 0 radical (unpaired) electrons. The first-order valence-electron chi connectivity index (χ1n) is 7.76. The number of non-ortho nitro benzene ring substituents is 1. The first kappa shape index (κ1) is 17.1. The van der Waals surface area contributed by atoms with Gasteiger partial charge in [0.2, 0.25) is 12.3 Å². The fourth-order valence-corrected chi connectivity index (χ4v) is 2.25. The van der Waals surface area contributed by atoms with Crippen LogP contribution in [-0.4, -0.2) is 34.1 Å². The molecule has 0 atom stereocenters. The van der Waals surface area contributed by atoms with Crippen molar-refractivity contribution in [2.45, 2.75) is 0 Å². The fraction of sp³-hybridized carbons (Fsp3) is 0.118. The number of carbonyl (C=O) groups excluding carboxylic acids is 1. The number of nitro groups is 1. The number of carbonyl (C=O) groups is 1. The van der Waals surface area contributed by atoms with E-state index in [9.17, 15) is 14.9 Å². The van der Waals surface area contributed by atoms with Crippen molar-refractivity contribution in [1.82, 2.24) is 15.5 Å². The zero-order valence-electron chi connectivity index (χ0n) is 13.6. The molecule has 3 rings (SSSR count). The molecule has 0 aliphatic rings. The van der Waals surface area contributed by atoms with Crippen LogP contribution in [0.5, 0.6) is 0 Å². The van der Waals surface area contributed by atoms with Crippen LogP contribution in [-0.2, 0) is 0 Å². The van der Waals surface area contributed by atoms with E-state index in [1.54, 1.807) is 36.4 Å². The van der Waals surface area contributed by atoms with E-state index in [1.807, 2.05) is 0 Å². The van der Waals surface area contributed by atoms with E-state index in [0.717, 1.165) is 11.3 Å². The van der Waals surface area contributed by atoms with Gasteiger partial charge in [-0.3, -0.25) is 14.9 Å². The van der Waals surface area contributed by atoms with Crippen molar-refractivity contribution < 1.29 is 14.1 Å². The monoisotopic (exact) mass is 353 g/mol. The van der Waals surface area contributed by atoms with E-state index in [-0.39, 0.29) is 11.6 Å². The lowest BCUT2D eigenvalue weighted by Gasteiger charge is -2.08. The number of nitro benzene ring substituents is 1. The summed E-state index contributed by atoms with van der Waals surface area (Å²) in [5.74, 6) is 0.192. The standard InChI is InChI=1S/C17H15N5O4/c23-16(12-1-3-13(4-2-12)17-21-20-11-26-17)19-10-9-18-14-5-7-15(8-6-14)22(24)25/h1-8,11,18H,9-10H2,(H,19,23). The van der Waals surface area contributed by atoms with Gasteiger partial charge in [0, 0.05) is 42.0 Å². The fourth-order valence-electron chi connectivity index (χ4n) is 2.25. The van der Waals surface area contributed by atoms with Crippen LogP contribution in [0.3, 0.4) is 0 Å². The highest BCUT2D eigenvalue weighted by Crippen LogP contribution is 2.17. The number of nitrogens with one attached hydrogen (secondary N) is 2. The van der Waals surface area contributed by atoms with Crippen LogP contribution < -0.4 is 10.6 Å². The Labute approximate surface area is 148 Å². The Kier molecular flexibility index (Phi) is 5.18. The summed E-state index contributed by atoms with van der Waals surface area (Å²) >= 11 is 0. The van der Waals surface area contributed by atoms with E-state index >= 15 is 0 Å². The molecule has 9 heteroatoms. The lowest BCUT2D eigenvalue weighted by molar-refractivity contribution is -0.384. The zero-order valence-corrected chi connectivity index (χ0v) is 13.6. The topological polar surface area (TPSA) is 123 Å². The summed E-state index contributed by atoms with van der Waals surface area (Å²) in [4.78, 5) is 22.3. The molecule has 132 valence electrons. The van der Waals surface area contributed by atoms with E-state index in [2.05, 4.69) is 20.8 Å². The number of hydrogen-bond acceptors (Lipinski definition) is 7. The average molecular weight is 353 g/mol. The Morgan fingerprint density at radius 1 is 1.08 bits per heavy atom.